The van der Waals surface area contributed by atoms with Crippen LogP contribution in [0.15, 0.2) is 42.0 Å². The van der Waals surface area contributed by atoms with Gasteiger partial charge in [-0.2, -0.15) is 0 Å². The number of hydrogen-bond donors (Lipinski definition) is 1. The van der Waals surface area contributed by atoms with E-state index in [1.165, 1.54) is 9.58 Å². The lowest BCUT2D eigenvalue weighted by atomic mass is 9.88. The molecule has 2 atom stereocenters. The molecule has 1 N–H and O–H groups in total. The topological polar surface area (TPSA) is 41.1 Å². The van der Waals surface area contributed by atoms with Crippen molar-refractivity contribution in [3.63, 3.8) is 0 Å². The highest BCUT2D eigenvalue weighted by Crippen LogP contribution is 2.40. The van der Waals surface area contributed by atoms with Crippen LogP contribution in [0.5, 0.6) is 0 Å². The maximum Gasteiger partial charge on any atom is 0.125 e. The Kier molecular flexibility index (Phi) is 5.20. The number of hydrogen-bond acceptors (Lipinski definition) is 6. The minimum atomic E-state index is -0.275. The molecule has 150 valence electrons. The van der Waals surface area contributed by atoms with E-state index >= 15 is 0 Å². The molecule has 1 aromatic carbocycles. The highest BCUT2D eigenvalue weighted by molar-refractivity contribution is 7.18. The molecule has 0 unspecified atom stereocenters. The first-order valence-corrected chi connectivity index (χ1v) is 11.7. The van der Waals surface area contributed by atoms with Crippen LogP contribution in [-0.4, -0.2) is 40.7 Å². The molecule has 0 spiro atoms. The first-order chi connectivity index (χ1) is 14.2. The van der Waals surface area contributed by atoms with Crippen molar-refractivity contribution in [2.24, 2.45) is 0 Å². The van der Waals surface area contributed by atoms with Gasteiger partial charge in [0, 0.05) is 40.7 Å². The second kappa shape index (κ2) is 7.97. The molecule has 1 aliphatic heterocycles. The number of benzene rings is 1. The number of rotatable bonds is 5. The average Bonchev–Trinajstić information content (AvgIpc) is 3.36. The van der Waals surface area contributed by atoms with E-state index in [0.29, 0.717) is 18.5 Å². The second-order valence-corrected chi connectivity index (χ2v) is 9.55. The Morgan fingerprint density at radius 1 is 1.24 bits per heavy atom. The SMILES string of the molecule is C[C@@H]1[C@H](c2cc3c(Nc4ccc5scnc5c4)ccnc3s2)CCCN1CCF. The van der Waals surface area contributed by atoms with Crippen LogP contribution >= 0.6 is 22.7 Å². The summed E-state index contributed by atoms with van der Waals surface area (Å²) in [5, 5.41) is 4.71. The molecule has 3 aromatic heterocycles. The van der Waals surface area contributed by atoms with Crippen molar-refractivity contribution in [2.45, 2.75) is 31.7 Å². The minimum absolute atomic E-state index is 0.275. The molecular formula is C22H23FN4S2. The Labute approximate surface area is 177 Å². The summed E-state index contributed by atoms with van der Waals surface area (Å²) >= 11 is 3.43. The number of piperidine rings is 1. The highest BCUT2D eigenvalue weighted by atomic mass is 32.1. The van der Waals surface area contributed by atoms with Crippen LogP contribution in [0.25, 0.3) is 20.4 Å². The lowest BCUT2D eigenvalue weighted by Crippen LogP contribution is -2.43. The number of nitrogens with one attached hydrogen (secondary N) is 1. The average molecular weight is 427 g/mol. The molecule has 0 radical (unpaired) electrons. The standard InChI is InChI=1S/C22H23FN4S2/c1-14-16(3-2-9-27(14)10-7-23)21-12-17-18(6-8-24-22(17)29-21)26-15-4-5-20-19(11-15)25-13-28-20/h4-6,8,11-14,16H,2-3,7,9-10H2,1H3,(H,24,26)/t14-,16-/m1/s1. The summed E-state index contributed by atoms with van der Waals surface area (Å²) in [6.45, 7) is 3.49. The summed E-state index contributed by atoms with van der Waals surface area (Å²) in [7, 11) is 0. The minimum Gasteiger partial charge on any atom is -0.355 e. The first kappa shape index (κ1) is 18.9. The van der Waals surface area contributed by atoms with E-state index in [-0.39, 0.29) is 6.67 Å². The molecule has 5 rings (SSSR count). The molecule has 1 saturated heterocycles. The van der Waals surface area contributed by atoms with Gasteiger partial charge in [0.1, 0.15) is 11.5 Å². The zero-order chi connectivity index (χ0) is 19.8. The Morgan fingerprint density at radius 3 is 3.07 bits per heavy atom. The Morgan fingerprint density at radius 2 is 2.17 bits per heavy atom. The van der Waals surface area contributed by atoms with Gasteiger partial charge in [-0.15, -0.1) is 22.7 Å². The van der Waals surface area contributed by atoms with Crippen molar-refractivity contribution in [3.05, 3.63) is 46.9 Å². The number of thiazole rings is 1. The third kappa shape index (κ3) is 3.63. The molecule has 4 heterocycles. The molecule has 1 aliphatic rings. The van der Waals surface area contributed by atoms with Crippen LogP contribution < -0.4 is 5.32 Å². The van der Waals surface area contributed by atoms with Gasteiger partial charge in [-0.25, -0.2) is 14.4 Å². The van der Waals surface area contributed by atoms with E-state index in [1.54, 1.807) is 22.7 Å². The zero-order valence-electron chi connectivity index (χ0n) is 16.3. The van der Waals surface area contributed by atoms with Crippen LogP contribution in [0, 0.1) is 0 Å². The largest absolute Gasteiger partial charge is 0.355 e. The monoisotopic (exact) mass is 426 g/mol. The molecule has 0 bridgehead atoms. The van der Waals surface area contributed by atoms with Gasteiger partial charge in [0.25, 0.3) is 0 Å². The van der Waals surface area contributed by atoms with Crippen LogP contribution in [0.4, 0.5) is 15.8 Å². The third-order valence-electron chi connectivity index (χ3n) is 5.92. The number of pyridine rings is 1. The van der Waals surface area contributed by atoms with E-state index in [2.05, 4.69) is 51.4 Å². The molecule has 0 saturated carbocycles. The maximum atomic E-state index is 12.9. The molecule has 29 heavy (non-hydrogen) atoms. The number of alkyl halides is 1. The molecule has 1 fully saturated rings. The number of fused-ring (bicyclic) bond motifs is 2. The van der Waals surface area contributed by atoms with Gasteiger partial charge in [-0.1, -0.05) is 0 Å². The summed E-state index contributed by atoms with van der Waals surface area (Å²) in [6, 6.07) is 11.0. The van der Waals surface area contributed by atoms with E-state index in [0.717, 1.165) is 46.5 Å². The van der Waals surface area contributed by atoms with Gasteiger partial charge in [0.05, 0.1) is 21.4 Å². The number of likely N-dealkylation sites (tertiary alicyclic amines) is 1. The van der Waals surface area contributed by atoms with E-state index < -0.39 is 0 Å². The highest BCUT2D eigenvalue weighted by Gasteiger charge is 2.30. The maximum absolute atomic E-state index is 12.9. The van der Waals surface area contributed by atoms with Gasteiger partial charge < -0.3 is 5.32 Å². The summed E-state index contributed by atoms with van der Waals surface area (Å²) in [5.74, 6) is 0.439. The fourth-order valence-electron chi connectivity index (χ4n) is 4.36. The molecule has 0 aliphatic carbocycles. The predicted molar refractivity (Wildman–Crippen MR) is 122 cm³/mol. The summed E-state index contributed by atoms with van der Waals surface area (Å²) in [5.41, 5.74) is 4.99. The van der Waals surface area contributed by atoms with Crippen LogP contribution in [0.1, 0.15) is 30.6 Å². The number of anilines is 2. The van der Waals surface area contributed by atoms with E-state index in [4.69, 9.17) is 0 Å². The fraction of sp³-hybridized carbons (Fsp3) is 0.364. The second-order valence-electron chi connectivity index (χ2n) is 7.60. The Hall–Kier alpha value is -2.09. The molecule has 7 heteroatoms. The van der Waals surface area contributed by atoms with Crippen molar-refractivity contribution < 1.29 is 4.39 Å². The van der Waals surface area contributed by atoms with Crippen LogP contribution in [0.2, 0.25) is 0 Å². The van der Waals surface area contributed by atoms with E-state index in [1.807, 2.05) is 17.8 Å². The van der Waals surface area contributed by atoms with Crippen molar-refractivity contribution >= 4 is 54.5 Å². The van der Waals surface area contributed by atoms with Gasteiger partial charge in [0.2, 0.25) is 0 Å². The smallest absolute Gasteiger partial charge is 0.125 e. The number of halogens is 1. The molecule has 4 nitrogen and oxygen atoms in total. The molecular weight excluding hydrogens is 403 g/mol. The molecule has 0 amide bonds. The van der Waals surface area contributed by atoms with Gasteiger partial charge in [0.15, 0.2) is 0 Å². The number of nitrogens with zero attached hydrogens (tertiary/aromatic N) is 3. The fourth-order valence-corrected chi connectivity index (χ4v) is 6.28. The molecule has 4 aromatic rings. The number of thiophene rings is 1. The summed E-state index contributed by atoms with van der Waals surface area (Å²) in [4.78, 5) is 13.7. The van der Waals surface area contributed by atoms with Crippen molar-refractivity contribution in [2.75, 3.05) is 25.1 Å². The van der Waals surface area contributed by atoms with Crippen LogP contribution in [-0.2, 0) is 0 Å². The first-order valence-electron chi connectivity index (χ1n) is 10.0. The zero-order valence-corrected chi connectivity index (χ0v) is 17.9. The Bertz CT molecular complexity index is 1140. The number of aromatic nitrogens is 2. The van der Waals surface area contributed by atoms with Gasteiger partial charge in [-0.3, -0.25) is 4.90 Å². The van der Waals surface area contributed by atoms with Gasteiger partial charge in [-0.05, 0) is 56.6 Å². The lowest BCUT2D eigenvalue weighted by molar-refractivity contribution is 0.130. The predicted octanol–water partition coefficient (Wildman–Crippen LogP) is 6.19. The van der Waals surface area contributed by atoms with Crippen molar-refractivity contribution in [3.8, 4) is 0 Å². The van der Waals surface area contributed by atoms with Gasteiger partial charge >= 0.3 is 0 Å². The van der Waals surface area contributed by atoms with Crippen molar-refractivity contribution in [1.82, 2.24) is 14.9 Å². The lowest BCUT2D eigenvalue weighted by Gasteiger charge is -2.38. The van der Waals surface area contributed by atoms with Crippen molar-refractivity contribution in [1.29, 1.82) is 0 Å². The quantitative estimate of drug-likeness (QED) is 0.413. The summed E-state index contributed by atoms with van der Waals surface area (Å²) < 4.78 is 14.1. The van der Waals surface area contributed by atoms with Crippen LogP contribution in [0.3, 0.4) is 0 Å². The normalized spacial score (nSPS) is 20.5. The third-order valence-corrected chi connectivity index (χ3v) is 7.90. The Balaban J connectivity index is 1.46. The summed E-state index contributed by atoms with van der Waals surface area (Å²) in [6.07, 6.45) is 4.14. The van der Waals surface area contributed by atoms with E-state index in [9.17, 15) is 4.39 Å².